The van der Waals surface area contributed by atoms with Crippen LogP contribution in [0, 0.1) is 11.7 Å². The van der Waals surface area contributed by atoms with Crippen molar-refractivity contribution in [2.75, 3.05) is 26.2 Å². The Morgan fingerprint density at radius 2 is 2.15 bits per heavy atom. The number of carbonyl (C=O) groups is 1. The molecule has 138 valence electrons. The van der Waals surface area contributed by atoms with E-state index in [4.69, 9.17) is 11.6 Å². The zero-order chi connectivity index (χ0) is 18.5. The van der Waals surface area contributed by atoms with Crippen LogP contribution in [0.2, 0.25) is 5.02 Å². The summed E-state index contributed by atoms with van der Waals surface area (Å²) in [4.78, 5) is 14.9. The standard InChI is InChI=1S/C21H24ClFN2O/c1-15-4-3-10-25(14-15)11-9-24-21(26)17-6-2-5-16(12-17)19-8-7-18(23)13-20(19)22/h2,5-8,12-13,15H,3-4,9-11,14H2,1H3,(H,24,26). The third-order valence-corrected chi connectivity index (χ3v) is 5.13. The van der Waals surface area contributed by atoms with Crippen molar-refractivity contribution in [2.24, 2.45) is 5.92 Å². The Hall–Kier alpha value is -1.91. The van der Waals surface area contributed by atoms with Gasteiger partial charge in [-0.25, -0.2) is 4.39 Å². The second-order valence-corrected chi connectivity index (χ2v) is 7.42. The Kier molecular flexibility index (Phi) is 6.28. The molecule has 1 heterocycles. The van der Waals surface area contributed by atoms with Gasteiger partial charge >= 0.3 is 0 Å². The van der Waals surface area contributed by atoms with E-state index in [-0.39, 0.29) is 11.7 Å². The van der Waals surface area contributed by atoms with Gasteiger partial charge in [0.15, 0.2) is 0 Å². The number of nitrogens with one attached hydrogen (secondary N) is 1. The van der Waals surface area contributed by atoms with E-state index in [9.17, 15) is 9.18 Å². The highest BCUT2D eigenvalue weighted by atomic mass is 35.5. The number of halogens is 2. The number of rotatable bonds is 5. The van der Waals surface area contributed by atoms with E-state index in [1.807, 2.05) is 12.1 Å². The second kappa shape index (κ2) is 8.65. The van der Waals surface area contributed by atoms with Gasteiger partial charge in [0.25, 0.3) is 5.91 Å². The molecule has 1 N–H and O–H groups in total. The molecule has 0 aliphatic carbocycles. The molecule has 0 bridgehead atoms. The molecule has 2 aromatic rings. The monoisotopic (exact) mass is 374 g/mol. The van der Waals surface area contributed by atoms with Gasteiger partial charge in [-0.05, 0) is 61.2 Å². The van der Waals surface area contributed by atoms with E-state index in [0.717, 1.165) is 31.1 Å². The summed E-state index contributed by atoms with van der Waals surface area (Å²) in [5, 5.41) is 3.32. The van der Waals surface area contributed by atoms with Crippen LogP contribution in [0.5, 0.6) is 0 Å². The van der Waals surface area contributed by atoms with Crippen LogP contribution < -0.4 is 5.32 Å². The van der Waals surface area contributed by atoms with Crippen molar-refractivity contribution in [3.8, 4) is 11.1 Å². The predicted octanol–water partition coefficient (Wildman–Crippen LogP) is 4.61. The Bertz CT molecular complexity index is 780. The third kappa shape index (κ3) is 4.83. The van der Waals surface area contributed by atoms with E-state index in [2.05, 4.69) is 17.1 Å². The van der Waals surface area contributed by atoms with Gasteiger partial charge in [-0.15, -0.1) is 0 Å². The number of hydrogen-bond acceptors (Lipinski definition) is 2. The maximum Gasteiger partial charge on any atom is 0.251 e. The lowest BCUT2D eigenvalue weighted by molar-refractivity contribution is 0.0944. The van der Waals surface area contributed by atoms with Crippen molar-refractivity contribution in [1.82, 2.24) is 10.2 Å². The summed E-state index contributed by atoms with van der Waals surface area (Å²) in [6.07, 6.45) is 2.52. The number of carbonyl (C=O) groups excluding carboxylic acids is 1. The fraction of sp³-hybridized carbons (Fsp3) is 0.381. The predicted molar refractivity (Wildman–Crippen MR) is 104 cm³/mol. The smallest absolute Gasteiger partial charge is 0.251 e. The highest BCUT2D eigenvalue weighted by Crippen LogP contribution is 2.29. The fourth-order valence-electron chi connectivity index (χ4n) is 3.47. The molecule has 1 fully saturated rings. The van der Waals surface area contributed by atoms with Crippen LogP contribution in [0.15, 0.2) is 42.5 Å². The third-order valence-electron chi connectivity index (χ3n) is 4.82. The highest BCUT2D eigenvalue weighted by Gasteiger charge is 2.16. The van der Waals surface area contributed by atoms with Gasteiger partial charge in [0, 0.05) is 30.8 Å². The van der Waals surface area contributed by atoms with Crippen LogP contribution in [0.1, 0.15) is 30.1 Å². The largest absolute Gasteiger partial charge is 0.351 e. The van der Waals surface area contributed by atoms with Crippen LogP contribution in [0.25, 0.3) is 11.1 Å². The van der Waals surface area contributed by atoms with Crippen molar-refractivity contribution in [3.05, 3.63) is 58.9 Å². The number of likely N-dealkylation sites (tertiary alicyclic amines) is 1. The van der Waals surface area contributed by atoms with Gasteiger partial charge in [0.1, 0.15) is 5.82 Å². The van der Waals surface area contributed by atoms with Crippen LogP contribution >= 0.6 is 11.6 Å². The molecule has 1 unspecified atom stereocenters. The topological polar surface area (TPSA) is 32.3 Å². The first kappa shape index (κ1) is 18.9. The minimum Gasteiger partial charge on any atom is -0.351 e. The minimum absolute atomic E-state index is 0.102. The zero-order valence-electron chi connectivity index (χ0n) is 15.0. The number of piperidine rings is 1. The molecule has 1 aliphatic heterocycles. The molecule has 5 heteroatoms. The molecule has 0 aromatic heterocycles. The first-order chi connectivity index (χ1) is 12.5. The van der Waals surface area contributed by atoms with Crippen molar-refractivity contribution in [2.45, 2.75) is 19.8 Å². The van der Waals surface area contributed by atoms with Crippen molar-refractivity contribution < 1.29 is 9.18 Å². The summed E-state index contributed by atoms with van der Waals surface area (Å²) >= 11 is 6.13. The Labute approximate surface area is 159 Å². The molecule has 3 rings (SSSR count). The van der Waals surface area contributed by atoms with E-state index in [0.29, 0.717) is 22.7 Å². The zero-order valence-corrected chi connectivity index (χ0v) is 15.7. The fourth-order valence-corrected chi connectivity index (χ4v) is 3.75. The van der Waals surface area contributed by atoms with Gasteiger partial charge in [-0.1, -0.05) is 30.7 Å². The molecule has 1 amide bonds. The molecule has 1 atom stereocenters. The van der Waals surface area contributed by atoms with Gasteiger partial charge < -0.3 is 10.2 Å². The molecule has 1 saturated heterocycles. The van der Waals surface area contributed by atoms with Crippen LogP contribution in [0.4, 0.5) is 4.39 Å². The van der Waals surface area contributed by atoms with Gasteiger partial charge in [-0.2, -0.15) is 0 Å². The maximum atomic E-state index is 13.2. The Morgan fingerprint density at radius 3 is 2.92 bits per heavy atom. The van der Waals surface area contributed by atoms with Gasteiger partial charge in [-0.3, -0.25) is 4.79 Å². The Balaban J connectivity index is 1.61. The van der Waals surface area contributed by atoms with Gasteiger partial charge in [0.05, 0.1) is 5.02 Å². The van der Waals surface area contributed by atoms with Gasteiger partial charge in [0.2, 0.25) is 0 Å². The number of amides is 1. The molecular weight excluding hydrogens is 351 g/mol. The lowest BCUT2D eigenvalue weighted by Crippen LogP contribution is -2.40. The van der Waals surface area contributed by atoms with E-state index >= 15 is 0 Å². The van der Waals surface area contributed by atoms with Crippen LogP contribution in [-0.2, 0) is 0 Å². The lowest BCUT2D eigenvalue weighted by Gasteiger charge is -2.30. The normalized spacial score (nSPS) is 17.9. The second-order valence-electron chi connectivity index (χ2n) is 7.01. The van der Waals surface area contributed by atoms with Crippen molar-refractivity contribution in [3.63, 3.8) is 0 Å². The summed E-state index contributed by atoms with van der Waals surface area (Å²) in [5.74, 6) is 0.256. The number of benzene rings is 2. The number of nitrogens with zero attached hydrogens (tertiary/aromatic N) is 1. The lowest BCUT2D eigenvalue weighted by atomic mass is 10.0. The molecule has 3 nitrogen and oxygen atoms in total. The minimum atomic E-state index is -0.375. The highest BCUT2D eigenvalue weighted by molar-refractivity contribution is 6.33. The molecule has 0 radical (unpaired) electrons. The number of hydrogen-bond donors (Lipinski definition) is 1. The quantitative estimate of drug-likeness (QED) is 0.829. The summed E-state index contributed by atoms with van der Waals surface area (Å²) in [6, 6.07) is 11.5. The summed E-state index contributed by atoms with van der Waals surface area (Å²) in [5.41, 5.74) is 2.09. The molecule has 0 spiro atoms. The van der Waals surface area contributed by atoms with Crippen molar-refractivity contribution >= 4 is 17.5 Å². The first-order valence-electron chi connectivity index (χ1n) is 9.09. The molecular formula is C21H24ClFN2O. The molecule has 0 saturated carbocycles. The molecule has 2 aromatic carbocycles. The SMILES string of the molecule is CC1CCCN(CCNC(=O)c2cccc(-c3ccc(F)cc3Cl)c2)C1. The van der Waals surface area contributed by atoms with E-state index in [1.54, 1.807) is 18.2 Å². The molecule has 26 heavy (non-hydrogen) atoms. The maximum absolute atomic E-state index is 13.2. The van der Waals surface area contributed by atoms with Crippen molar-refractivity contribution in [1.29, 1.82) is 0 Å². The summed E-state index contributed by atoms with van der Waals surface area (Å²) in [7, 11) is 0. The van der Waals surface area contributed by atoms with E-state index in [1.165, 1.54) is 25.0 Å². The van der Waals surface area contributed by atoms with E-state index < -0.39 is 0 Å². The van der Waals surface area contributed by atoms with Crippen LogP contribution in [0.3, 0.4) is 0 Å². The van der Waals surface area contributed by atoms with Crippen LogP contribution in [-0.4, -0.2) is 37.0 Å². The first-order valence-corrected chi connectivity index (χ1v) is 9.47. The summed E-state index contributed by atoms with van der Waals surface area (Å²) < 4.78 is 13.2. The Morgan fingerprint density at radius 1 is 1.31 bits per heavy atom. The molecule has 1 aliphatic rings. The average molecular weight is 375 g/mol. The average Bonchev–Trinajstić information content (AvgIpc) is 2.62. The summed E-state index contributed by atoms with van der Waals surface area (Å²) in [6.45, 7) is 6.00.